The summed E-state index contributed by atoms with van der Waals surface area (Å²) in [5.74, 6) is 1.33. The normalized spacial score (nSPS) is 11.3. The summed E-state index contributed by atoms with van der Waals surface area (Å²) in [4.78, 5) is 1.05. The summed E-state index contributed by atoms with van der Waals surface area (Å²) in [5, 5.41) is 10.7. The van der Waals surface area contributed by atoms with E-state index in [2.05, 4.69) is 24.3 Å². The molecular formula is C19H15NO2S. The summed E-state index contributed by atoms with van der Waals surface area (Å²) < 4.78 is 11.8. The molecule has 0 bridgehead atoms. The zero-order valence-electron chi connectivity index (χ0n) is 12.9. The van der Waals surface area contributed by atoms with Crippen LogP contribution in [0.15, 0.2) is 48.5 Å². The average molecular weight is 321 g/mol. The van der Waals surface area contributed by atoms with Crippen LogP contribution in [-0.2, 0) is 0 Å². The van der Waals surface area contributed by atoms with Gasteiger partial charge < -0.3 is 9.47 Å². The number of nitriles is 1. The SMILES string of the molecule is COc1cc(OC)cc(/C(C#N)=C/c2cc3ccccc3s2)c1. The lowest BCUT2D eigenvalue weighted by molar-refractivity contribution is 0.394. The van der Waals surface area contributed by atoms with Gasteiger partial charge in [-0.3, -0.25) is 0 Å². The monoisotopic (exact) mass is 321 g/mol. The fourth-order valence-electron chi connectivity index (χ4n) is 2.36. The zero-order chi connectivity index (χ0) is 16.2. The number of methoxy groups -OCH3 is 2. The van der Waals surface area contributed by atoms with Crippen molar-refractivity contribution in [3.63, 3.8) is 0 Å². The summed E-state index contributed by atoms with van der Waals surface area (Å²) in [6, 6.07) is 18.0. The van der Waals surface area contributed by atoms with Gasteiger partial charge in [0, 0.05) is 15.6 Å². The van der Waals surface area contributed by atoms with Gasteiger partial charge in [0.2, 0.25) is 0 Å². The fourth-order valence-corrected chi connectivity index (χ4v) is 3.37. The molecule has 0 aliphatic rings. The number of nitrogens with zero attached hydrogens (tertiary/aromatic N) is 1. The molecule has 0 fully saturated rings. The van der Waals surface area contributed by atoms with E-state index in [9.17, 15) is 5.26 Å². The standard InChI is InChI=1S/C19H15NO2S/c1-21-16-7-14(8-17(11-16)22-2)15(12-20)10-18-9-13-5-3-4-6-19(13)23-18/h3-11H,1-2H3/b15-10+. The van der Waals surface area contributed by atoms with E-state index in [1.54, 1.807) is 31.6 Å². The lowest BCUT2D eigenvalue weighted by Gasteiger charge is -2.07. The van der Waals surface area contributed by atoms with Crippen molar-refractivity contribution in [2.45, 2.75) is 0 Å². The predicted octanol–water partition coefficient (Wildman–Crippen LogP) is 4.98. The van der Waals surface area contributed by atoms with Crippen molar-refractivity contribution < 1.29 is 9.47 Å². The van der Waals surface area contributed by atoms with E-state index in [1.165, 1.54) is 10.1 Å². The molecule has 0 amide bonds. The summed E-state index contributed by atoms with van der Waals surface area (Å²) in [6.45, 7) is 0. The van der Waals surface area contributed by atoms with Gasteiger partial charge in [0.25, 0.3) is 0 Å². The Hall–Kier alpha value is -2.77. The van der Waals surface area contributed by atoms with Gasteiger partial charge in [-0.25, -0.2) is 0 Å². The molecule has 0 unspecified atom stereocenters. The van der Waals surface area contributed by atoms with Crippen molar-refractivity contribution in [2.75, 3.05) is 14.2 Å². The molecule has 3 aromatic rings. The van der Waals surface area contributed by atoms with Gasteiger partial charge in [-0.1, -0.05) is 18.2 Å². The number of rotatable bonds is 4. The Labute approximate surface area is 139 Å². The van der Waals surface area contributed by atoms with Crippen LogP contribution in [0.4, 0.5) is 0 Å². The first-order valence-corrected chi connectivity index (χ1v) is 7.89. The lowest BCUT2D eigenvalue weighted by atomic mass is 10.1. The molecule has 2 aromatic carbocycles. The van der Waals surface area contributed by atoms with E-state index in [4.69, 9.17) is 9.47 Å². The molecule has 0 radical (unpaired) electrons. The molecule has 0 saturated heterocycles. The second-order valence-corrected chi connectivity index (χ2v) is 6.07. The molecule has 0 saturated carbocycles. The number of allylic oxidation sites excluding steroid dienone is 1. The molecule has 114 valence electrons. The van der Waals surface area contributed by atoms with E-state index in [0.29, 0.717) is 17.1 Å². The van der Waals surface area contributed by atoms with Gasteiger partial charge in [0.05, 0.1) is 25.9 Å². The molecule has 0 atom stereocenters. The van der Waals surface area contributed by atoms with Crippen molar-refractivity contribution in [2.24, 2.45) is 0 Å². The minimum atomic E-state index is 0.578. The maximum absolute atomic E-state index is 9.55. The van der Waals surface area contributed by atoms with Gasteiger partial charge in [-0.2, -0.15) is 5.26 Å². The van der Waals surface area contributed by atoms with Crippen LogP contribution in [-0.4, -0.2) is 14.2 Å². The fraction of sp³-hybridized carbons (Fsp3) is 0.105. The molecule has 3 nitrogen and oxygen atoms in total. The van der Waals surface area contributed by atoms with E-state index >= 15 is 0 Å². The number of hydrogen-bond donors (Lipinski definition) is 0. The highest BCUT2D eigenvalue weighted by Gasteiger charge is 2.08. The second-order valence-electron chi connectivity index (χ2n) is 4.96. The van der Waals surface area contributed by atoms with Crippen LogP contribution in [0.3, 0.4) is 0 Å². The van der Waals surface area contributed by atoms with Gasteiger partial charge in [-0.05, 0) is 41.3 Å². The lowest BCUT2D eigenvalue weighted by Crippen LogP contribution is -1.90. The quantitative estimate of drug-likeness (QED) is 0.636. The van der Waals surface area contributed by atoms with E-state index in [-0.39, 0.29) is 0 Å². The number of thiophene rings is 1. The Bertz CT molecular complexity index is 863. The van der Waals surface area contributed by atoms with Crippen LogP contribution in [0.25, 0.3) is 21.7 Å². The van der Waals surface area contributed by atoms with Crippen molar-refractivity contribution in [1.29, 1.82) is 5.26 Å². The highest BCUT2D eigenvalue weighted by atomic mass is 32.1. The van der Waals surface area contributed by atoms with Crippen LogP contribution >= 0.6 is 11.3 Å². The maximum Gasteiger partial charge on any atom is 0.123 e. The molecule has 0 aliphatic carbocycles. The maximum atomic E-state index is 9.55. The molecule has 0 N–H and O–H groups in total. The Balaban J connectivity index is 2.06. The van der Waals surface area contributed by atoms with Gasteiger partial charge in [0.15, 0.2) is 0 Å². The minimum Gasteiger partial charge on any atom is -0.497 e. The molecule has 3 rings (SSSR count). The minimum absolute atomic E-state index is 0.578. The first-order chi connectivity index (χ1) is 11.2. The topological polar surface area (TPSA) is 42.2 Å². The van der Waals surface area contributed by atoms with Crippen LogP contribution in [0.2, 0.25) is 0 Å². The number of benzene rings is 2. The molecule has 4 heteroatoms. The first-order valence-electron chi connectivity index (χ1n) is 7.07. The van der Waals surface area contributed by atoms with Crippen LogP contribution < -0.4 is 9.47 Å². The summed E-state index contributed by atoms with van der Waals surface area (Å²) in [6.07, 6.45) is 1.90. The van der Waals surface area contributed by atoms with Crippen molar-refractivity contribution >= 4 is 33.1 Å². The smallest absolute Gasteiger partial charge is 0.123 e. The highest BCUT2D eigenvalue weighted by molar-refractivity contribution is 7.19. The van der Waals surface area contributed by atoms with Crippen molar-refractivity contribution in [1.82, 2.24) is 0 Å². The summed E-state index contributed by atoms with van der Waals surface area (Å²) in [5.41, 5.74) is 1.36. The largest absolute Gasteiger partial charge is 0.497 e. The van der Waals surface area contributed by atoms with Crippen LogP contribution in [0.5, 0.6) is 11.5 Å². The summed E-state index contributed by atoms with van der Waals surface area (Å²) in [7, 11) is 3.20. The Morgan fingerprint density at radius 3 is 2.35 bits per heavy atom. The average Bonchev–Trinajstić information content (AvgIpc) is 3.01. The van der Waals surface area contributed by atoms with Gasteiger partial charge >= 0.3 is 0 Å². The predicted molar refractivity (Wildman–Crippen MR) is 94.9 cm³/mol. The van der Waals surface area contributed by atoms with Crippen LogP contribution in [0.1, 0.15) is 10.4 Å². The van der Waals surface area contributed by atoms with E-state index in [1.807, 2.05) is 30.3 Å². The third kappa shape index (κ3) is 3.20. The highest BCUT2D eigenvalue weighted by Crippen LogP contribution is 2.31. The Kier molecular flexibility index (Phi) is 4.31. The van der Waals surface area contributed by atoms with E-state index in [0.717, 1.165) is 10.4 Å². The molecular weight excluding hydrogens is 306 g/mol. The third-order valence-electron chi connectivity index (χ3n) is 3.51. The van der Waals surface area contributed by atoms with Gasteiger partial charge in [0.1, 0.15) is 11.5 Å². The van der Waals surface area contributed by atoms with Crippen molar-refractivity contribution in [3.05, 3.63) is 59.0 Å². The second kappa shape index (κ2) is 6.55. The molecule has 0 spiro atoms. The number of fused-ring (bicyclic) bond motifs is 1. The Morgan fingerprint density at radius 2 is 1.74 bits per heavy atom. The van der Waals surface area contributed by atoms with Crippen molar-refractivity contribution in [3.8, 4) is 17.6 Å². The molecule has 1 heterocycles. The molecule has 23 heavy (non-hydrogen) atoms. The Morgan fingerprint density at radius 1 is 1.04 bits per heavy atom. The first kappa shape index (κ1) is 15.1. The number of ether oxygens (including phenoxy) is 2. The molecule has 1 aromatic heterocycles. The van der Waals surface area contributed by atoms with E-state index < -0.39 is 0 Å². The summed E-state index contributed by atoms with van der Waals surface area (Å²) >= 11 is 1.67. The zero-order valence-corrected chi connectivity index (χ0v) is 13.7. The number of hydrogen-bond acceptors (Lipinski definition) is 4. The van der Waals surface area contributed by atoms with Crippen LogP contribution in [0, 0.1) is 11.3 Å². The van der Waals surface area contributed by atoms with Gasteiger partial charge in [-0.15, -0.1) is 11.3 Å². The molecule has 0 aliphatic heterocycles. The third-order valence-corrected chi connectivity index (χ3v) is 4.58.